The van der Waals surface area contributed by atoms with Gasteiger partial charge in [0.15, 0.2) is 0 Å². The first-order chi connectivity index (χ1) is 9.13. The summed E-state index contributed by atoms with van der Waals surface area (Å²) in [4.78, 5) is 4.41. The monoisotopic (exact) mass is 263 g/mol. The van der Waals surface area contributed by atoms with Crippen molar-refractivity contribution in [3.05, 3.63) is 18.2 Å². The first-order valence-electron chi connectivity index (χ1n) is 6.62. The maximum absolute atomic E-state index is 5.98. The average Bonchev–Trinajstić information content (AvgIpc) is 2.67. The van der Waals surface area contributed by atoms with Gasteiger partial charge in [0.2, 0.25) is 5.95 Å². The van der Waals surface area contributed by atoms with E-state index in [2.05, 4.69) is 4.98 Å². The average molecular weight is 263 g/mol. The number of nitrogen functional groups attached to an aromatic ring is 1. The third kappa shape index (κ3) is 2.98. The first kappa shape index (κ1) is 13.7. The molecule has 5 nitrogen and oxygen atoms in total. The Bertz CT molecular complexity index is 549. The van der Waals surface area contributed by atoms with Crippen molar-refractivity contribution in [1.82, 2.24) is 9.55 Å². The Morgan fingerprint density at radius 1 is 1.37 bits per heavy atom. The summed E-state index contributed by atoms with van der Waals surface area (Å²) in [6, 6.07) is 5.87. The molecule has 0 radical (unpaired) electrons. The standard InChI is InChI=1S/C14H21N3O2/c1-4-18-9-8-17-11-6-5-7-12(19-10(2)3)13(11)16-14(17)15/h5-7,10H,4,8-9H2,1-3H3,(H2,15,16). The van der Waals surface area contributed by atoms with Crippen LogP contribution in [0.15, 0.2) is 18.2 Å². The van der Waals surface area contributed by atoms with Gasteiger partial charge < -0.3 is 19.8 Å². The molecule has 1 aromatic carbocycles. The fraction of sp³-hybridized carbons (Fsp3) is 0.500. The maximum atomic E-state index is 5.98. The van der Waals surface area contributed by atoms with Crippen LogP contribution in [0.4, 0.5) is 5.95 Å². The molecule has 19 heavy (non-hydrogen) atoms. The number of para-hydroxylation sites is 1. The number of anilines is 1. The number of benzene rings is 1. The Labute approximate surface area is 113 Å². The van der Waals surface area contributed by atoms with Crippen molar-refractivity contribution in [3.63, 3.8) is 0 Å². The Kier molecular flexibility index (Phi) is 4.27. The number of hydrogen-bond donors (Lipinski definition) is 1. The van der Waals surface area contributed by atoms with Crippen molar-refractivity contribution in [3.8, 4) is 5.75 Å². The third-order valence-corrected chi connectivity index (χ3v) is 2.80. The van der Waals surface area contributed by atoms with Crippen LogP contribution in [0.2, 0.25) is 0 Å². The van der Waals surface area contributed by atoms with Gasteiger partial charge in [-0.05, 0) is 32.9 Å². The number of fused-ring (bicyclic) bond motifs is 1. The molecular formula is C14H21N3O2. The van der Waals surface area contributed by atoms with Crippen molar-refractivity contribution >= 4 is 17.0 Å². The normalized spacial score (nSPS) is 11.4. The van der Waals surface area contributed by atoms with E-state index >= 15 is 0 Å². The molecule has 1 heterocycles. The molecule has 0 saturated carbocycles. The van der Waals surface area contributed by atoms with Crippen LogP contribution in [0.3, 0.4) is 0 Å². The lowest BCUT2D eigenvalue weighted by molar-refractivity contribution is 0.140. The number of hydrogen-bond acceptors (Lipinski definition) is 4. The molecule has 0 aliphatic heterocycles. The van der Waals surface area contributed by atoms with Gasteiger partial charge in [-0.3, -0.25) is 0 Å². The fourth-order valence-electron chi connectivity index (χ4n) is 2.02. The largest absolute Gasteiger partial charge is 0.489 e. The number of nitrogens with zero attached hydrogens (tertiary/aromatic N) is 2. The van der Waals surface area contributed by atoms with E-state index in [-0.39, 0.29) is 6.10 Å². The summed E-state index contributed by atoms with van der Waals surface area (Å²) in [5, 5.41) is 0. The van der Waals surface area contributed by atoms with Crippen LogP contribution < -0.4 is 10.5 Å². The predicted octanol–water partition coefficient (Wildman–Crippen LogP) is 2.44. The van der Waals surface area contributed by atoms with E-state index in [0.717, 1.165) is 16.8 Å². The molecule has 1 aromatic heterocycles. The zero-order valence-electron chi connectivity index (χ0n) is 11.7. The minimum absolute atomic E-state index is 0.111. The van der Waals surface area contributed by atoms with E-state index in [1.165, 1.54) is 0 Å². The highest BCUT2D eigenvalue weighted by molar-refractivity contribution is 5.84. The van der Waals surface area contributed by atoms with E-state index in [0.29, 0.717) is 25.7 Å². The van der Waals surface area contributed by atoms with Gasteiger partial charge in [-0.1, -0.05) is 6.07 Å². The van der Waals surface area contributed by atoms with Gasteiger partial charge in [-0.2, -0.15) is 0 Å². The molecule has 0 aliphatic carbocycles. The quantitative estimate of drug-likeness (QED) is 0.813. The molecule has 0 bridgehead atoms. The highest BCUT2D eigenvalue weighted by Gasteiger charge is 2.12. The molecule has 2 rings (SSSR count). The summed E-state index contributed by atoms with van der Waals surface area (Å²) in [5.74, 6) is 1.27. The predicted molar refractivity (Wildman–Crippen MR) is 76.4 cm³/mol. The van der Waals surface area contributed by atoms with Crippen molar-refractivity contribution < 1.29 is 9.47 Å². The van der Waals surface area contributed by atoms with E-state index < -0.39 is 0 Å². The molecule has 2 aromatic rings. The summed E-state index contributed by atoms with van der Waals surface area (Å²) in [5.41, 5.74) is 7.77. The number of rotatable bonds is 6. The molecule has 0 atom stereocenters. The second kappa shape index (κ2) is 5.93. The molecule has 0 amide bonds. The van der Waals surface area contributed by atoms with Crippen molar-refractivity contribution in [2.75, 3.05) is 18.9 Å². The molecule has 2 N–H and O–H groups in total. The highest BCUT2D eigenvalue weighted by Crippen LogP contribution is 2.27. The van der Waals surface area contributed by atoms with Gasteiger partial charge >= 0.3 is 0 Å². The minimum Gasteiger partial charge on any atom is -0.489 e. The lowest BCUT2D eigenvalue weighted by atomic mass is 10.3. The van der Waals surface area contributed by atoms with Crippen LogP contribution in [0.5, 0.6) is 5.75 Å². The second-order valence-electron chi connectivity index (χ2n) is 4.61. The first-order valence-corrected chi connectivity index (χ1v) is 6.62. The minimum atomic E-state index is 0.111. The van der Waals surface area contributed by atoms with Gasteiger partial charge in [0.05, 0.1) is 18.2 Å². The zero-order chi connectivity index (χ0) is 13.8. The summed E-state index contributed by atoms with van der Waals surface area (Å²) in [6.07, 6.45) is 0.111. The van der Waals surface area contributed by atoms with Crippen LogP contribution in [0, 0.1) is 0 Å². The van der Waals surface area contributed by atoms with E-state index in [1.807, 2.05) is 43.5 Å². The van der Waals surface area contributed by atoms with E-state index in [4.69, 9.17) is 15.2 Å². The zero-order valence-corrected chi connectivity index (χ0v) is 11.7. The highest BCUT2D eigenvalue weighted by atomic mass is 16.5. The van der Waals surface area contributed by atoms with Crippen LogP contribution in [0.25, 0.3) is 11.0 Å². The lowest BCUT2D eigenvalue weighted by Crippen LogP contribution is -2.08. The topological polar surface area (TPSA) is 62.3 Å². The number of aromatic nitrogens is 2. The summed E-state index contributed by atoms with van der Waals surface area (Å²) < 4.78 is 13.1. The SMILES string of the molecule is CCOCCn1c(N)nc2c(OC(C)C)cccc21. The Hall–Kier alpha value is -1.75. The Balaban J connectivity index is 2.35. The van der Waals surface area contributed by atoms with Crippen LogP contribution >= 0.6 is 0 Å². The van der Waals surface area contributed by atoms with Gasteiger partial charge in [-0.15, -0.1) is 0 Å². The molecule has 0 fully saturated rings. The third-order valence-electron chi connectivity index (χ3n) is 2.80. The molecule has 0 saturated heterocycles. The van der Waals surface area contributed by atoms with Gasteiger partial charge in [0.25, 0.3) is 0 Å². The lowest BCUT2D eigenvalue weighted by Gasteiger charge is -2.10. The smallest absolute Gasteiger partial charge is 0.201 e. The fourth-order valence-corrected chi connectivity index (χ4v) is 2.02. The van der Waals surface area contributed by atoms with Crippen LogP contribution in [0.1, 0.15) is 20.8 Å². The summed E-state index contributed by atoms with van der Waals surface area (Å²) in [6.45, 7) is 7.99. The van der Waals surface area contributed by atoms with Crippen LogP contribution in [-0.4, -0.2) is 28.9 Å². The van der Waals surface area contributed by atoms with Gasteiger partial charge in [0.1, 0.15) is 11.3 Å². The van der Waals surface area contributed by atoms with Crippen LogP contribution in [-0.2, 0) is 11.3 Å². The summed E-state index contributed by atoms with van der Waals surface area (Å²) in [7, 11) is 0. The molecule has 5 heteroatoms. The van der Waals surface area contributed by atoms with Gasteiger partial charge in [0, 0.05) is 13.2 Å². The second-order valence-corrected chi connectivity index (χ2v) is 4.61. The molecule has 104 valence electrons. The molecule has 0 unspecified atom stereocenters. The van der Waals surface area contributed by atoms with Gasteiger partial charge in [-0.25, -0.2) is 4.98 Å². The van der Waals surface area contributed by atoms with E-state index in [9.17, 15) is 0 Å². The number of imidazole rings is 1. The summed E-state index contributed by atoms with van der Waals surface area (Å²) >= 11 is 0. The van der Waals surface area contributed by atoms with Crippen molar-refractivity contribution in [2.45, 2.75) is 33.4 Å². The number of nitrogens with two attached hydrogens (primary N) is 1. The van der Waals surface area contributed by atoms with Crippen molar-refractivity contribution in [1.29, 1.82) is 0 Å². The molecular weight excluding hydrogens is 242 g/mol. The maximum Gasteiger partial charge on any atom is 0.201 e. The molecule has 0 aliphatic rings. The van der Waals surface area contributed by atoms with Crippen molar-refractivity contribution in [2.24, 2.45) is 0 Å². The Morgan fingerprint density at radius 3 is 2.84 bits per heavy atom. The Morgan fingerprint density at radius 2 is 2.16 bits per heavy atom. The molecule has 0 spiro atoms. The number of ether oxygens (including phenoxy) is 2. The van der Waals surface area contributed by atoms with E-state index in [1.54, 1.807) is 0 Å².